The summed E-state index contributed by atoms with van der Waals surface area (Å²) in [5.74, 6) is 0.779. The molecule has 6 aliphatic rings. The Morgan fingerprint density at radius 2 is 1.58 bits per heavy atom. The molecule has 0 spiro atoms. The molecule has 1 amide bonds. The highest BCUT2D eigenvalue weighted by Crippen LogP contribution is 2.73. The lowest BCUT2D eigenvalue weighted by Crippen LogP contribution is -2.67. The lowest BCUT2D eigenvalue weighted by atomic mass is 9.36. The number of rotatable bonds is 3. The van der Waals surface area contributed by atoms with E-state index in [-0.39, 0.29) is 23.6 Å². The van der Waals surface area contributed by atoms with Gasteiger partial charge in [-0.2, -0.15) is 0 Å². The number of hydrogen-bond acceptors (Lipinski definition) is 3. The summed E-state index contributed by atoms with van der Waals surface area (Å²) in [6.45, 7) is 5.29. The zero-order valence-electron chi connectivity index (χ0n) is 19.1. The third kappa shape index (κ3) is 3.08. The number of carbonyl (C=O) groups excluding carboxylic acids is 1. The number of fused-ring (bicyclic) bond motifs is 2. The van der Waals surface area contributed by atoms with E-state index >= 15 is 0 Å². The molecule has 168 valence electrons. The molecule has 4 atom stereocenters. The maximum Gasteiger partial charge on any atom is 0.410 e. The van der Waals surface area contributed by atoms with Gasteiger partial charge in [-0.1, -0.05) is 44.2 Å². The molecule has 0 aromatic heterocycles. The number of amides is 1. The monoisotopic (exact) mass is 423 g/mol. The predicted octanol–water partition coefficient (Wildman–Crippen LogP) is 5.68. The van der Waals surface area contributed by atoms with Crippen LogP contribution in [0.2, 0.25) is 0 Å². The molecule has 6 fully saturated rings. The van der Waals surface area contributed by atoms with Crippen molar-refractivity contribution in [1.82, 2.24) is 4.90 Å². The maximum atomic E-state index is 13.0. The van der Waals surface area contributed by atoms with Gasteiger partial charge in [0.2, 0.25) is 0 Å². The van der Waals surface area contributed by atoms with Crippen LogP contribution in [0.4, 0.5) is 4.79 Å². The van der Waals surface area contributed by atoms with Crippen LogP contribution in [0, 0.1) is 22.2 Å². The van der Waals surface area contributed by atoms with Crippen LogP contribution in [0.1, 0.15) is 83.6 Å². The minimum atomic E-state index is -0.628. The van der Waals surface area contributed by atoms with Crippen molar-refractivity contribution in [2.45, 2.75) is 102 Å². The van der Waals surface area contributed by atoms with Gasteiger partial charge in [-0.25, -0.2) is 4.79 Å². The second kappa shape index (κ2) is 6.50. The zero-order chi connectivity index (χ0) is 21.5. The molecular formula is C27H37NO3. The Morgan fingerprint density at radius 1 is 0.968 bits per heavy atom. The number of nitrogens with zero attached hydrogens (tertiary/aromatic N) is 1. The molecule has 4 heteroatoms. The van der Waals surface area contributed by atoms with E-state index in [9.17, 15) is 9.90 Å². The van der Waals surface area contributed by atoms with Crippen molar-refractivity contribution >= 4 is 6.09 Å². The molecule has 2 saturated heterocycles. The minimum absolute atomic E-state index is 0.0524. The van der Waals surface area contributed by atoms with Gasteiger partial charge in [-0.3, -0.25) is 0 Å². The molecule has 0 radical (unpaired) electrons. The van der Waals surface area contributed by atoms with Gasteiger partial charge >= 0.3 is 6.09 Å². The summed E-state index contributed by atoms with van der Waals surface area (Å²) in [6.07, 6.45) is 10.9. The van der Waals surface area contributed by atoms with Crippen molar-refractivity contribution in [2.24, 2.45) is 22.2 Å². The average Bonchev–Trinajstić information content (AvgIpc) is 2.96. The van der Waals surface area contributed by atoms with Gasteiger partial charge in [0.1, 0.15) is 6.61 Å². The summed E-state index contributed by atoms with van der Waals surface area (Å²) >= 11 is 0. The predicted molar refractivity (Wildman–Crippen MR) is 119 cm³/mol. The van der Waals surface area contributed by atoms with Gasteiger partial charge in [0.25, 0.3) is 0 Å². The van der Waals surface area contributed by atoms with Crippen LogP contribution in [0.3, 0.4) is 0 Å². The average molecular weight is 424 g/mol. The fourth-order valence-corrected chi connectivity index (χ4v) is 9.72. The van der Waals surface area contributed by atoms with E-state index in [0.29, 0.717) is 17.4 Å². The smallest absolute Gasteiger partial charge is 0.410 e. The van der Waals surface area contributed by atoms with Crippen molar-refractivity contribution in [3.05, 3.63) is 35.9 Å². The van der Waals surface area contributed by atoms with Crippen LogP contribution in [-0.2, 0) is 11.3 Å². The van der Waals surface area contributed by atoms with E-state index in [2.05, 4.69) is 13.8 Å². The first-order valence-corrected chi connectivity index (χ1v) is 12.4. The summed E-state index contributed by atoms with van der Waals surface area (Å²) in [5, 5.41) is 12.3. The van der Waals surface area contributed by atoms with Crippen LogP contribution < -0.4 is 0 Å². The highest BCUT2D eigenvalue weighted by atomic mass is 16.6. The molecule has 1 aromatic carbocycles. The lowest BCUT2D eigenvalue weighted by molar-refractivity contribution is -0.241. The molecule has 2 heterocycles. The van der Waals surface area contributed by atoms with E-state index in [0.717, 1.165) is 37.2 Å². The fraction of sp³-hybridized carbons (Fsp3) is 0.741. The summed E-state index contributed by atoms with van der Waals surface area (Å²) in [7, 11) is 0. The molecule has 6 bridgehead atoms. The van der Waals surface area contributed by atoms with E-state index in [1.807, 2.05) is 35.2 Å². The SMILES string of the molecule is CC12CC3CC(C)(C1)CC(C1(O)CC4CCC(C1)N4C(=O)OCc1ccccc1)(C3)C2. The van der Waals surface area contributed by atoms with Gasteiger partial charge in [-0.15, -0.1) is 0 Å². The molecule has 31 heavy (non-hydrogen) atoms. The Labute approximate surface area is 186 Å². The Kier molecular flexibility index (Phi) is 4.21. The molecular weight excluding hydrogens is 386 g/mol. The van der Waals surface area contributed by atoms with Gasteiger partial charge < -0.3 is 14.7 Å². The number of benzene rings is 1. The number of piperidine rings is 1. The van der Waals surface area contributed by atoms with Gasteiger partial charge in [0.15, 0.2) is 0 Å². The first kappa shape index (κ1) is 20.1. The quantitative estimate of drug-likeness (QED) is 0.681. The first-order valence-electron chi connectivity index (χ1n) is 12.4. The van der Waals surface area contributed by atoms with Gasteiger partial charge in [0, 0.05) is 17.5 Å². The second-order valence-electron chi connectivity index (χ2n) is 12.7. The third-order valence-corrected chi connectivity index (χ3v) is 9.80. The number of aliphatic hydroxyl groups is 1. The van der Waals surface area contributed by atoms with E-state index in [1.54, 1.807) is 0 Å². The topological polar surface area (TPSA) is 49.8 Å². The summed E-state index contributed by atoms with van der Waals surface area (Å²) in [4.78, 5) is 15.0. The number of carbonyl (C=O) groups is 1. The Bertz CT molecular complexity index is 850. The highest BCUT2D eigenvalue weighted by Gasteiger charge is 2.68. The first-order chi connectivity index (χ1) is 14.7. The summed E-state index contributed by atoms with van der Waals surface area (Å²) in [6, 6.07) is 10.2. The van der Waals surface area contributed by atoms with Crippen LogP contribution in [0.15, 0.2) is 30.3 Å². The summed E-state index contributed by atoms with van der Waals surface area (Å²) in [5.41, 5.74) is 1.24. The number of hydrogen-bond donors (Lipinski definition) is 1. The van der Waals surface area contributed by atoms with Crippen molar-refractivity contribution in [1.29, 1.82) is 0 Å². The molecule has 4 saturated carbocycles. The van der Waals surface area contributed by atoms with Crippen LogP contribution in [0.5, 0.6) is 0 Å². The van der Waals surface area contributed by atoms with Gasteiger partial charge in [0.05, 0.1) is 5.60 Å². The molecule has 2 aliphatic heterocycles. The van der Waals surface area contributed by atoms with Crippen molar-refractivity contribution in [2.75, 3.05) is 0 Å². The molecule has 4 nitrogen and oxygen atoms in total. The van der Waals surface area contributed by atoms with E-state index < -0.39 is 5.60 Å². The van der Waals surface area contributed by atoms with Crippen LogP contribution in [-0.4, -0.2) is 33.8 Å². The molecule has 1 N–H and O–H groups in total. The normalized spacial score (nSPS) is 47.6. The van der Waals surface area contributed by atoms with E-state index in [1.165, 1.54) is 38.5 Å². The Morgan fingerprint density at radius 3 is 2.16 bits per heavy atom. The second-order valence-corrected chi connectivity index (χ2v) is 12.7. The lowest BCUT2D eigenvalue weighted by Gasteiger charge is -2.70. The van der Waals surface area contributed by atoms with Gasteiger partial charge in [-0.05, 0) is 86.5 Å². The van der Waals surface area contributed by atoms with Crippen molar-refractivity contribution in [3.63, 3.8) is 0 Å². The minimum Gasteiger partial charge on any atom is -0.445 e. The van der Waals surface area contributed by atoms with Crippen LogP contribution >= 0.6 is 0 Å². The fourth-order valence-electron chi connectivity index (χ4n) is 9.72. The molecule has 1 aromatic rings. The van der Waals surface area contributed by atoms with Crippen molar-refractivity contribution in [3.8, 4) is 0 Å². The number of ether oxygens (including phenoxy) is 1. The largest absolute Gasteiger partial charge is 0.445 e. The van der Waals surface area contributed by atoms with Crippen LogP contribution in [0.25, 0.3) is 0 Å². The summed E-state index contributed by atoms with van der Waals surface area (Å²) < 4.78 is 5.70. The van der Waals surface area contributed by atoms with E-state index in [4.69, 9.17) is 4.74 Å². The Hall–Kier alpha value is -1.55. The standard InChI is InChI=1S/C27H37NO3/c1-24-10-20-11-25(2,16-24)18-26(12-20,17-24)27(30)13-21-8-9-22(14-27)28(21)23(29)31-15-19-6-4-3-5-7-19/h3-7,20-22,30H,8-18H2,1-2H3. The maximum absolute atomic E-state index is 13.0. The molecule has 7 rings (SSSR count). The zero-order valence-corrected chi connectivity index (χ0v) is 19.1. The third-order valence-electron chi connectivity index (χ3n) is 9.80. The highest BCUT2D eigenvalue weighted by molar-refractivity contribution is 5.69. The molecule has 4 unspecified atom stereocenters. The Balaban J connectivity index is 1.21. The molecule has 4 aliphatic carbocycles. The van der Waals surface area contributed by atoms with Crippen molar-refractivity contribution < 1.29 is 14.6 Å².